The maximum Gasteiger partial charge on any atom is 0.264 e. The van der Waals surface area contributed by atoms with Crippen molar-refractivity contribution in [2.24, 2.45) is 0 Å². The van der Waals surface area contributed by atoms with Crippen LogP contribution in [0.5, 0.6) is 0 Å². The average molecular weight is 644 g/mol. The summed E-state index contributed by atoms with van der Waals surface area (Å²) in [5.41, 5.74) is 2.28. The molecule has 1 aliphatic heterocycles. The monoisotopic (exact) mass is 643 g/mol. The van der Waals surface area contributed by atoms with Gasteiger partial charge in [-0.25, -0.2) is 13.4 Å². The van der Waals surface area contributed by atoms with Gasteiger partial charge in [-0.2, -0.15) is 8.42 Å². The number of hydrogen-bond acceptors (Lipinski definition) is 10. The van der Waals surface area contributed by atoms with E-state index < -0.39 is 20.0 Å². The summed E-state index contributed by atoms with van der Waals surface area (Å²) in [4.78, 5) is 32.6. The van der Waals surface area contributed by atoms with E-state index >= 15 is 0 Å². The minimum absolute atomic E-state index is 0.0477. The summed E-state index contributed by atoms with van der Waals surface area (Å²) in [5, 5.41) is 6.43. The highest BCUT2D eigenvalue weighted by Gasteiger charge is 2.21. The van der Waals surface area contributed by atoms with Gasteiger partial charge in [0.15, 0.2) is 9.84 Å². The molecule has 10 nitrogen and oxygen atoms in total. The predicted molar refractivity (Wildman–Crippen MR) is 161 cm³/mol. The number of nitrogens with zero attached hydrogens (tertiary/aromatic N) is 1. The molecule has 3 aromatic carbocycles. The molecule has 2 heterocycles. The fraction of sp³-hybridized carbons (Fsp3) is 0.179. The predicted octanol–water partition coefficient (Wildman–Crippen LogP) is 4.60. The van der Waals surface area contributed by atoms with Crippen LogP contribution in [0, 0.1) is 0 Å². The number of amides is 2. The molecule has 1 aromatic heterocycles. The second-order valence-electron chi connectivity index (χ2n) is 9.30. The lowest BCUT2D eigenvalue weighted by molar-refractivity contribution is 0.0949. The molecule has 0 radical (unpaired) electrons. The number of benzene rings is 3. The number of thiazole rings is 1. The Bertz CT molecular complexity index is 1870. The zero-order valence-corrected chi connectivity index (χ0v) is 25.5. The molecule has 1 aliphatic rings. The first-order valence-corrected chi connectivity index (χ1v) is 17.7. The van der Waals surface area contributed by atoms with E-state index in [0.29, 0.717) is 21.8 Å². The van der Waals surface area contributed by atoms with Crippen molar-refractivity contribution in [3.8, 4) is 10.6 Å². The number of rotatable bonds is 10. The maximum atomic E-state index is 12.9. The largest absolute Gasteiger partial charge is 0.347 e. The van der Waals surface area contributed by atoms with E-state index in [1.165, 1.54) is 35.2 Å². The van der Waals surface area contributed by atoms with Crippen molar-refractivity contribution in [1.29, 1.82) is 0 Å². The van der Waals surface area contributed by atoms with Gasteiger partial charge in [-0.05, 0) is 48.9 Å². The maximum absolute atomic E-state index is 12.9. The highest BCUT2D eigenvalue weighted by atomic mass is 32.2. The Kier molecular flexibility index (Phi) is 8.80. The fourth-order valence-electron chi connectivity index (χ4n) is 4.08. The Hall–Kier alpha value is -3.56. The first-order valence-electron chi connectivity index (χ1n) is 12.6. The molecule has 2 N–H and O–H groups in total. The quantitative estimate of drug-likeness (QED) is 0.187. The second kappa shape index (κ2) is 12.4. The SMILES string of the molecule is CS(=O)(=O)OCCCS(=O)(=O)c1ccc(-c2ncc(CNC(=O)c3ccc4c(c3)NC(=O)c3ccccc3S4)s2)cc1. The molecule has 0 saturated carbocycles. The summed E-state index contributed by atoms with van der Waals surface area (Å²) in [6.45, 7) is 0.0353. The third-order valence-electron chi connectivity index (χ3n) is 6.13. The van der Waals surface area contributed by atoms with Crippen LogP contribution in [0.4, 0.5) is 5.69 Å². The van der Waals surface area contributed by atoms with Crippen LogP contribution in [0.25, 0.3) is 10.6 Å². The minimum Gasteiger partial charge on any atom is -0.347 e. The van der Waals surface area contributed by atoms with Crippen LogP contribution in [-0.4, -0.2) is 52.2 Å². The van der Waals surface area contributed by atoms with Crippen molar-refractivity contribution < 1.29 is 30.6 Å². The van der Waals surface area contributed by atoms with Crippen molar-refractivity contribution in [3.05, 3.63) is 88.9 Å². The van der Waals surface area contributed by atoms with Gasteiger partial charge in [0.05, 0.1) is 41.3 Å². The summed E-state index contributed by atoms with van der Waals surface area (Å²) >= 11 is 2.83. The Labute approximate surface area is 251 Å². The number of carbonyl (C=O) groups excluding carboxylic acids is 2. The smallest absolute Gasteiger partial charge is 0.264 e. The van der Waals surface area contributed by atoms with Crippen LogP contribution >= 0.6 is 23.1 Å². The molecule has 218 valence electrons. The molecule has 0 atom stereocenters. The number of aromatic nitrogens is 1. The molecular formula is C28H25N3O7S4. The number of anilines is 1. The molecule has 0 unspecified atom stereocenters. The van der Waals surface area contributed by atoms with Crippen molar-refractivity contribution in [2.45, 2.75) is 27.7 Å². The van der Waals surface area contributed by atoms with Gasteiger partial charge in [0.2, 0.25) is 0 Å². The number of nitrogens with one attached hydrogen (secondary N) is 2. The molecule has 2 amide bonds. The Morgan fingerprint density at radius 2 is 1.76 bits per heavy atom. The Morgan fingerprint density at radius 1 is 1.00 bits per heavy atom. The topological polar surface area (TPSA) is 149 Å². The molecule has 4 aromatic rings. The fourth-order valence-corrected chi connectivity index (χ4v) is 7.66. The van der Waals surface area contributed by atoms with Crippen LogP contribution in [-0.2, 0) is 30.7 Å². The normalized spacial score (nSPS) is 13.0. The van der Waals surface area contributed by atoms with Crippen LogP contribution in [0.3, 0.4) is 0 Å². The third-order valence-corrected chi connectivity index (χ3v) is 10.7. The molecule has 42 heavy (non-hydrogen) atoms. The van der Waals surface area contributed by atoms with Gasteiger partial charge in [0, 0.05) is 32.0 Å². The first-order chi connectivity index (χ1) is 20.0. The van der Waals surface area contributed by atoms with Crippen molar-refractivity contribution in [2.75, 3.05) is 23.9 Å². The van der Waals surface area contributed by atoms with E-state index in [9.17, 15) is 26.4 Å². The minimum atomic E-state index is -3.62. The van der Waals surface area contributed by atoms with Crippen LogP contribution < -0.4 is 10.6 Å². The van der Waals surface area contributed by atoms with Gasteiger partial charge in [0.25, 0.3) is 21.9 Å². The van der Waals surface area contributed by atoms with Crippen LogP contribution in [0.2, 0.25) is 0 Å². The molecule has 0 aliphatic carbocycles. The summed E-state index contributed by atoms with van der Waals surface area (Å²) in [5.74, 6) is -0.770. The summed E-state index contributed by atoms with van der Waals surface area (Å²) in [6, 6.07) is 18.8. The third kappa shape index (κ3) is 7.25. The van der Waals surface area contributed by atoms with Gasteiger partial charge in [-0.15, -0.1) is 11.3 Å². The summed E-state index contributed by atoms with van der Waals surface area (Å²) < 4.78 is 51.8. The Balaban J connectivity index is 1.18. The molecule has 14 heteroatoms. The molecular weight excluding hydrogens is 619 g/mol. The van der Waals surface area contributed by atoms with Crippen molar-refractivity contribution in [3.63, 3.8) is 0 Å². The van der Waals surface area contributed by atoms with Gasteiger partial charge < -0.3 is 10.6 Å². The van der Waals surface area contributed by atoms with E-state index in [2.05, 4.69) is 19.8 Å². The van der Waals surface area contributed by atoms with E-state index in [1.54, 1.807) is 36.5 Å². The summed E-state index contributed by atoms with van der Waals surface area (Å²) in [7, 11) is -7.22. The van der Waals surface area contributed by atoms with Gasteiger partial charge in [-0.3, -0.25) is 13.8 Å². The zero-order valence-electron chi connectivity index (χ0n) is 22.2. The van der Waals surface area contributed by atoms with E-state index in [4.69, 9.17) is 0 Å². The number of sulfone groups is 1. The second-order valence-corrected chi connectivity index (χ2v) is 15.3. The zero-order chi connectivity index (χ0) is 29.9. The summed E-state index contributed by atoms with van der Waals surface area (Å²) in [6.07, 6.45) is 2.61. The first kappa shape index (κ1) is 29.9. The van der Waals surface area contributed by atoms with Crippen LogP contribution in [0.1, 0.15) is 32.0 Å². The number of carbonyl (C=O) groups is 2. The molecule has 0 bridgehead atoms. The molecule has 0 saturated heterocycles. The van der Waals surface area contributed by atoms with E-state index in [0.717, 1.165) is 26.5 Å². The molecule has 0 fully saturated rings. The van der Waals surface area contributed by atoms with Gasteiger partial charge in [-0.1, -0.05) is 36.0 Å². The highest BCUT2D eigenvalue weighted by Crippen LogP contribution is 2.39. The van der Waals surface area contributed by atoms with Crippen molar-refractivity contribution in [1.82, 2.24) is 10.3 Å². The van der Waals surface area contributed by atoms with E-state index in [-0.39, 0.29) is 42.0 Å². The number of fused-ring (bicyclic) bond motifs is 2. The lowest BCUT2D eigenvalue weighted by Crippen LogP contribution is -2.22. The average Bonchev–Trinajstić information content (AvgIpc) is 3.38. The van der Waals surface area contributed by atoms with Crippen LogP contribution in [0.15, 0.2) is 87.6 Å². The standard InChI is InChI=1S/C28H25N3O7S4/c1-41(34,35)38-13-4-14-42(36,37)21-10-7-18(8-11-21)28-30-17-20(39-28)16-29-26(32)19-9-12-25-23(15-19)31-27(33)22-5-2-3-6-24(22)40-25/h2-3,5-12,15,17H,4,13-14,16H2,1H3,(H,29,32)(H,31,33). The lowest BCUT2D eigenvalue weighted by Gasteiger charge is -2.09. The van der Waals surface area contributed by atoms with Gasteiger partial charge >= 0.3 is 0 Å². The highest BCUT2D eigenvalue weighted by molar-refractivity contribution is 7.99. The molecule has 5 rings (SSSR count). The van der Waals surface area contributed by atoms with E-state index in [1.807, 2.05) is 24.3 Å². The molecule has 0 spiro atoms. The number of hydrogen-bond donors (Lipinski definition) is 2. The Morgan fingerprint density at radius 3 is 2.52 bits per heavy atom. The van der Waals surface area contributed by atoms with Gasteiger partial charge in [0.1, 0.15) is 5.01 Å². The van der Waals surface area contributed by atoms with Crippen molar-refractivity contribution >= 4 is 60.6 Å². The lowest BCUT2D eigenvalue weighted by atomic mass is 10.1.